The third kappa shape index (κ3) is 4.22. The van der Waals surface area contributed by atoms with Crippen molar-refractivity contribution in [3.63, 3.8) is 0 Å². The highest BCUT2D eigenvalue weighted by molar-refractivity contribution is 7.13. The Hall–Kier alpha value is -3.00. The molecule has 0 radical (unpaired) electrons. The van der Waals surface area contributed by atoms with E-state index in [0.717, 1.165) is 4.88 Å². The van der Waals surface area contributed by atoms with Crippen molar-refractivity contribution < 1.29 is 14.0 Å². The number of nitrogens with one attached hydrogen (secondary N) is 2. The molecule has 3 aromatic rings. The Morgan fingerprint density at radius 2 is 2.00 bits per heavy atom. The maximum Gasteiger partial charge on any atom is 0.272 e. The second kappa shape index (κ2) is 8.13. The summed E-state index contributed by atoms with van der Waals surface area (Å²) in [7, 11) is 0. The number of amides is 2. The van der Waals surface area contributed by atoms with Crippen molar-refractivity contribution >= 4 is 23.2 Å². The molecular formula is C19H19FN4O2S. The Kier molecular flexibility index (Phi) is 5.66. The smallest absolute Gasteiger partial charge is 0.272 e. The van der Waals surface area contributed by atoms with Crippen LogP contribution in [0.2, 0.25) is 0 Å². The average molecular weight is 386 g/mol. The highest BCUT2D eigenvalue weighted by atomic mass is 32.1. The van der Waals surface area contributed by atoms with Gasteiger partial charge >= 0.3 is 0 Å². The summed E-state index contributed by atoms with van der Waals surface area (Å²) in [6.07, 6.45) is 0. The first kappa shape index (κ1) is 18.8. The molecule has 0 aliphatic carbocycles. The zero-order valence-corrected chi connectivity index (χ0v) is 15.7. The summed E-state index contributed by atoms with van der Waals surface area (Å²) in [5.74, 6) is -1.06. The van der Waals surface area contributed by atoms with Gasteiger partial charge in [0.2, 0.25) is 5.91 Å². The van der Waals surface area contributed by atoms with Gasteiger partial charge in [-0.15, -0.1) is 11.3 Å². The molecule has 0 spiro atoms. The number of benzene rings is 1. The van der Waals surface area contributed by atoms with Crippen molar-refractivity contribution in [1.82, 2.24) is 20.4 Å². The molecule has 6 nitrogen and oxygen atoms in total. The molecule has 0 aliphatic heterocycles. The predicted molar refractivity (Wildman–Crippen MR) is 102 cm³/mol. The van der Waals surface area contributed by atoms with Crippen LogP contribution in [0.15, 0.2) is 47.8 Å². The highest BCUT2D eigenvalue weighted by Crippen LogP contribution is 2.28. The van der Waals surface area contributed by atoms with Gasteiger partial charge in [0.25, 0.3) is 5.91 Å². The molecule has 0 aliphatic rings. The van der Waals surface area contributed by atoms with Gasteiger partial charge in [0.1, 0.15) is 11.9 Å². The highest BCUT2D eigenvalue weighted by Gasteiger charge is 2.21. The van der Waals surface area contributed by atoms with Gasteiger partial charge in [-0.25, -0.2) is 9.07 Å². The van der Waals surface area contributed by atoms with E-state index in [4.69, 9.17) is 0 Å². The predicted octanol–water partition coefficient (Wildman–Crippen LogP) is 2.99. The van der Waals surface area contributed by atoms with Crippen LogP contribution in [-0.4, -0.2) is 34.2 Å². The number of thiophene rings is 1. The van der Waals surface area contributed by atoms with Crippen molar-refractivity contribution in [2.24, 2.45) is 0 Å². The van der Waals surface area contributed by atoms with E-state index in [-0.39, 0.29) is 17.4 Å². The summed E-state index contributed by atoms with van der Waals surface area (Å²) in [6.45, 7) is 3.91. The number of hydrogen-bond acceptors (Lipinski definition) is 4. The lowest BCUT2D eigenvalue weighted by atomic mass is 10.2. The number of hydrogen-bond donors (Lipinski definition) is 2. The SMILES string of the molecule is CCNC(=O)[C@H](C)NC(=O)c1cc(-c2cccs2)n(-c2ccc(F)cc2)n1. The van der Waals surface area contributed by atoms with Crippen LogP contribution in [0, 0.1) is 5.82 Å². The lowest BCUT2D eigenvalue weighted by Crippen LogP contribution is -2.44. The van der Waals surface area contributed by atoms with E-state index in [0.29, 0.717) is 17.9 Å². The number of rotatable bonds is 6. The lowest BCUT2D eigenvalue weighted by Gasteiger charge is -2.12. The number of halogens is 1. The van der Waals surface area contributed by atoms with Gasteiger partial charge in [-0.3, -0.25) is 9.59 Å². The summed E-state index contributed by atoms with van der Waals surface area (Å²) in [4.78, 5) is 25.3. The Balaban J connectivity index is 1.93. The molecular weight excluding hydrogens is 367 g/mol. The molecule has 0 bridgehead atoms. The Morgan fingerprint density at radius 3 is 2.63 bits per heavy atom. The largest absolute Gasteiger partial charge is 0.355 e. The van der Waals surface area contributed by atoms with Crippen molar-refractivity contribution in [2.75, 3.05) is 6.54 Å². The van der Waals surface area contributed by atoms with Crippen LogP contribution < -0.4 is 10.6 Å². The quantitative estimate of drug-likeness (QED) is 0.684. The van der Waals surface area contributed by atoms with Crippen LogP contribution in [0.1, 0.15) is 24.3 Å². The molecule has 2 amide bonds. The fourth-order valence-corrected chi connectivity index (χ4v) is 3.26. The van der Waals surface area contributed by atoms with Gasteiger partial charge in [-0.05, 0) is 55.6 Å². The number of likely N-dealkylation sites (N-methyl/N-ethyl adjacent to an activating group) is 1. The molecule has 27 heavy (non-hydrogen) atoms. The van der Waals surface area contributed by atoms with Crippen molar-refractivity contribution in [3.05, 3.63) is 59.4 Å². The zero-order chi connectivity index (χ0) is 19.4. The average Bonchev–Trinajstić information content (AvgIpc) is 3.32. The molecule has 2 N–H and O–H groups in total. The molecule has 140 valence electrons. The molecule has 2 heterocycles. The van der Waals surface area contributed by atoms with E-state index in [1.165, 1.54) is 23.5 Å². The molecule has 1 atom stereocenters. The minimum atomic E-state index is -0.682. The van der Waals surface area contributed by atoms with Crippen molar-refractivity contribution in [1.29, 1.82) is 0 Å². The second-order valence-electron chi connectivity index (χ2n) is 5.87. The van der Waals surface area contributed by atoms with Gasteiger partial charge in [-0.1, -0.05) is 6.07 Å². The van der Waals surface area contributed by atoms with Crippen LogP contribution in [-0.2, 0) is 4.79 Å². The van der Waals surface area contributed by atoms with E-state index in [1.807, 2.05) is 24.4 Å². The number of nitrogens with zero attached hydrogens (tertiary/aromatic N) is 2. The molecule has 0 saturated heterocycles. The maximum atomic E-state index is 13.3. The van der Waals surface area contributed by atoms with E-state index < -0.39 is 11.9 Å². The van der Waals surface area contributed by atoms with E-state index in [9.17, 15) is 14.0 Å². The van der Waals surface area contributed by atoms with Crippen LogP contribution in [0.5, 0.6) is 0 Å². The first-order chi connectivity index (χ1) is 13.0. The third-order valence-corrected chi connectivity index (χ3v) is 4.77. The van der Waals surface area contributed by atoms with Gasteiger partial charge in [-0.2, -0.15) is 5.10 Å². The summed E-state index contributed by atoms with van der Waals surface area (Å²) < 4.78 is 14.9. The fourth-order valence-electron chi connectivity index (χ4n) is 2.53. The minimum Gasteiger partial charge on any atom is -0.355 e. The van der Waals surface area contributed by atoms with Gasteiger partial charge < -0.3 is 10.6 Å². The standard InChI is InChI=1S/C19H19FN4O2S/c1-3-21-18(25)12(2)22-19(26)15-11-16(17-5-4-10-27-17)24(23-15)14-8-6-13(20)7-9-14/h4-12H,3H2,1-2H3,(H,21,25)(H,22,26)/t12-/m0/s1. The van der Waals surface area contributed by atoms with Gasteiger partial charge in [0.05, 0.1) is 16.3 Å². The maximum absolute atomic E-state index is 13.3. The second-order valence-corrected chi connectivity index (χ2v) is 6.82. The first-order valence-electron chi connectivity index (χ1n) is 8.48. The van der Waals surface area contributed by atoms with Crippen LogP contribution in [0.4, 0.5) is 4.39 Å². The Morgan fingerprint density at radius 1 is 1.26 bits per heavy atom. The Labute approximate surface area is 160 Å². The Bertz CT molecular complexity index is 935. The fraction of sp³-hybridized carbons (Fsp3) is 0.211. The van der Waals surface area contributed by atoms with Crippen molar-refractivity contribution in [3.8, 4) is 16.3 Å². The zero-order valence-electron chi connectivity index (χ0n) is 14.9. The molecule has 1 aromatic carbocycles. The number of aromatic nitrogens is 2. The topological polar surface area (TPSA) is 76.0 Å². The molecule has 2 aromatic heterocycles. The van der Waals surface area contributed by atoms with Gasteiger partial charge in [0, 0.05) is 6.54 Å². The monoisotopic (exact) mass is 386 g/mol. The van der Waals surface area contributed by atoms with E-state index in [2.05, 4.69) is 15.7 Å². The normalized spacial score (nSPS) is 11.8. The van der Waals surface area contributed by atoms with Crippen molar-refractivity contribution in [2.45, 2.75) is 19.9 Å². The summed E-state index contributed by atoms with van der Waals surface area (Å²) >= 11 is 1.51. The molecule has 0 unspecified atom stereocenters. The number of carbonyl (C=O) groups excluding carboxylic acids is 2. The van der Waals surface area contributed by atoms with Crippen LogP contribution in [0.25, 0.3) is 16.3 Å². The van der Waals surface area contributed by atoms with Crippen LogP contribution >= 0.6 is 11.3 Å². The van der Waals surface area contributed by atoms with E-state index >= 15 is 0 Å². The molecule has 0 saturated carbocycles. The number of carbonyl (C=O) groups is 2. The van der Waals surface area contributed by atoms with Gasteiger partial charge in [0.15, 0.2) is 5.69 Å². The third-order valence-electron chi connectivity index (χ3n) is 3.88. The molecule has 3 rings (SSSR count). The summed E-state index contributed by atoms with van der Waals surface area (Å²) in [5, 5.41) is 11.6. The molecule has 8 heteroatoms. The van der Waals surface area contributed by atoms with Crippen LogP contribution in [0.3, 0.4) is 0 Å². The minimum absolute atomic E-state index is 0.180. The molecule has 0 fully saturated rings. The first-order valence-corrected chi connectivity index (χ1v) is 9.36. The summed E-state index contributed by atoms with van der Waals surface area (Å²) in [5.41, 5.74) is 1.53. The summed E-state index contributed by atoms with van der Waals surface area (Å²) in [6, 6.07) is 10.7. The lowest BCUT2D eigenvalue weighted by molar-refractivity contribution is -0.122. The van der Waals surface area contributed by atoms with E-state index in [1.54, 1.807) is 29.8 Å².